The van der Waals surface area contributed by atoms with Gasteiger partial charge in [0.15, 0.2) is 10.9 Å². The van der Waals surface area contributed by atoms with Gasteiger partial charge in [0, 0.05) is 16.7 Å². The average molecular weight is 278 g/mol. The molecule has 0 radical (unpaired) electrons. The zero-order valence-electron chi connectivity index (χ0n) is 6.79. The van der Waals surface area contributed by atoms with Crippen molar-refractivity contribution in [3.05, 3.63) is 16.9 Å². The molecule has 84 valence electrons. The molecule has 9 heteroatoms. The van der Waals surface area contributed by atoms with E-state index in [1.54, 1.807) is 0 Å². The maximum Gasteiger partial charge on any atom is 0.281 e. The van der Waals surface area contributed by atoms with E-state index in [9.17, 15) is 17.2 Å². The molecular formula is C6H3Cl2F2NO3S. The molecule has 1 heterocycles. The summed E-state index contributed by atoms with van der Waals surface area (Å²) in [6.07, 6.45) is -3.16. The van der Waals surface area contributed by atoms with E-state index in [2.05, 4.69) is 4.98 Å². The molecular weight excluding hydrogens is 275 g/mol. The number of aromatic hydroxyl groups is 1. The van der Waals surface area contributed by atoms with Gasteiger partial charge in [0.1, 0.15) is 10.6 Å². The lowest BCUT2D eigenvalue weighted by Gasteiger charge is -2.06. The topological polar surface area (TPSA) is 67.3 Å². The summed E-state index contributed by atoms with van der Waals surface area (Å²) in [6.45, 7) is 0. The Balaban J connectivity index is 3.56. The highest BCUT2D eigenvalue weighted by Crippen LogP contribution is 2.33. The minimum Gasteiger partial charge on any atom is -0.505 e. The second kappa shape index (κ2) is 4.07. The summed E-state index contributed by atoms with van der Waals surface area (Å²) >= 11 is 5.25. The first kappa shape index (κ1) is 12.4. The molecule has 0 fully saturated rings. The maximum absolute atomic E-state index is 12.3. The summed E-state index contributed by atoms with van der Waals surface area (Å²) in [6, 6.07) is 0.527. The van der Waals surface area contributed by atoms with Crippen molar-refractivity contribution in [3.63, 3.8) is 0 Å². The van der Waals surface area contributed by atoms with Crippen molar-refractivity contribution in [1.82, 2.24) is 4.98 Å². The van der Waals surface area contributed by atoms with Gasteiger partial charge < -0.3 is 5.11 Å². The molecule has 1 rings (SSSR count). The second-order valence-electron chi connectivity index (χ2n) is 2.42. The lowest BCUT2D eigenvalue weighted by molar-refractivity contribution is 0.142. The predicted molar refractivity (Wildman–Crippen MR) is 48.9 cm³/mol. The molecule has 0 atom stereocenters. The number of rotatable bonds is 2. The van der Waals surface area contributed by atoms with E-state index >= 15 is 0 Å². The minimum atomic E-state index is -4.41. The normalized spacial score (nSPS) is 12.1. The van der Waals surface area contributed by atoms with Gasteiger partial charge in [-0.3, -0.25) is 0 Å². The van der Waals surface area contributed by atoms with Crippen LogP contribution < -0.4 is 0 Å². The number of halogens is 4. The highest BCUT2D eigenvalue weighted by molar-refractivity contribution is 8.13. The van der Waals surface area contributed by atoms with Gasteiger partial charge in [0.25, 0.3) is 15.5 Å². The van der Waals surface area contributed by atoms with Crippen LogP contribution in [0.1, 0.15) is 12.1 Å². The minimum absolute atomic E-state index is 0.527. The molecule has 0 aliphatic carbocycles. The van der Waals surface area contributed by atoms with Crippen molar-refractivity contribution in [2.45, 2.75) is 11.3 Å². The standard InChI is InChI=1S/C6H3Cl2F2NO3S/c7-5-2(12)1-3(15(8,13)14)4(11-5)6(9)10/h1,6,12H. The number of alkyl halides is 2. The Bertz CT molecular complexity index is 491. The number of hydrogen-bond donors (Lipinski definition) is 1. The van der Waals surface area contributed by atoms with Crippen LogP contribution in [0.15, 0.2) is 11.0 Å². The highest BCUT2D eigenvalue weighted by Gasteiger charge is 2.25. The van der Waals surface area contributed by atoms with Gasteiger partial charge >= 0.3 is 0 Å². The fourth-order valence-corrected chi connectivity index (χ4v) is 1.98. The number of pyridine rings is 1. The molecule has 1 aromatic heterocycles. The first-order valence-corrected chi connectivity index (χ1v) is 6.04. The Morgan fingerprint density at radius 1 is 1.47 bits per heavy atom. The molecule has 15 heavy (non-hydrogen) atoms. The zero-order valence-corrected chi connectivity index (χ0v) is 9.11. The van der Waals surface area contributed by atoms with Gasteiger partial charge in [0.2, 0.25) is 0 Å². The van der Waals surface area contributed by atoms with Gasteiger partial charge in [-0.1, -0.05) is 11.6 Å². The molecule has 0 unspecified atom stereocenters. The summed E-state index contributed by atoms with van der Waals surface area (Å²) < 4.78 is 46.4. The van der Waals surface area contributed by atoms with Gasteiger partial charge in [-0.05, 0) is 0 Å². The predicted octanol–water partition coefficient (Wildman–Crippen LogP) is 2.31. The Kier molecular flexibility index (Phi) is 3.37. The van der Waals surface area contributed by atoms with E-state index in [1.807, 2.05) is 0 Å². The van der Waals surface area contributed by atoms with E-state index in [0.29, 0.717) is 6.07 Å². The number of nitrogens with zero attached hydrogens (tertiary/aromatic N) is 1. The summed E-state index contributed by atoms with van der Waals surface area (Å²) in [7, 11) is 0.470. The van der Waals surface area contributed by atoms with Crippen molar-refractivity contribution >= 4 is 31.3 Å². The first-order valence-electron chi connectivity index (χ1n) is 3.35. The molecule has 0 aliphatic rings. The summed E-state index contributed by atoms with van der Waals surface area (Å²) in [4.78, 5) is 2.08. The third-order valence-corrected chi connectivity index (χ3v) is 3.05. The van der Waals surface area contributed by atoms with Crippen molar-refractivity contribution < 1.29 is 22.3 Å². The van der Waals surface area contributed by atoms with Crippen molar-refractivity contribution in [2.75, 3.05) is 0 Å². The van der Waals surface area contributed by atoms with Crippen LogP contribution in [0.3, 0.4) is 0 Å². The second-order valence-corrected chi connectivity index (χ2v) is 5.31. The van der Waals surface area contributed by atoms with E-state index in [1.165, 1.54) is 0 Å². The third-order valence-electron chi connectivity index (χ3n) is 1.42. The van der Waals surface area contributed by atoms with Crippen LogP contribution in [0.4, 0.5) is 8.78 Å². The van der Waals surface area contributed by atoms with Crippen molar-refractivity contribution in [2.24, 2.45) is 0 Å². The van der Waals surface area contributed by atoms with E-state index in [-0.39, 0.29) is 0 Å². The molecule has 0 saturated heterocycles. The fourth-order valence-electron chi connectivity index (χ4n) is 0.827. The summed E-state index contributed by atoms with van der Waals surface area (Å²) in [5, 5.41) is 8.39. The molecule has 4 nitrogen and oxygen atoms in total. The van der Waals surface area contributed by atoms with Crippen molar-refractivity contribution in [1.29, 1.82) is 0 Å². The molecule has 1 aromatic rings. The Morgan fingerprint density at radius 3 is 2.40 bits per heavy atom. The van der Waals surface area contributed by atoms with Gasteiger partial charge in [-0.15, -0.1) is 0 Å². The van der Waals surface area contributed by atoms with E-state index in [4.69, 9.17) is 27.4 Å². The molecule has 0 spiro atoms. The maximum atomic E-state index is 12.3. The fraction of sp³-hybridized carbons (Fsp3) is 0.167. The molecule has 0 bridgehead atoms. The average Bonchev–Trinajstić information content (AvgIpc) is 2.06. The number of hydrogen-bond acceptors (Lipinski definition) is 4. The van der Waals surface area contributed by atoms with Crippen LogP contribution in [-0.4, -0.2) is 18.5 Å². The monoisotopic (exact) mass is 277 g/mol. The molecule has 0 aromatic carbocycles. The zero-order chi connectivity index (χ0) is 11.8. The molecule has 0 aliphatic heterocycles. The van der Waals surface area contributed by atoms with Crippen LogP contribution in [0.2, 0.25) is 5.15 Å². The molecule has 0 amide bonds. The SMILES string of the molecule is O=S(=O)(Cl)c1cc(O)c(Cl)nc1C(F)F. The third kappa shape index (κ3) is 2.67. The van der Waals surface area contributed by atoms with Crippen LogP contribution in [0.5, 0.6) is 5.75 Å². The van der Waals surface area contributed by atoms with Gasteiger partial charge in [0.05, 0.1) is 0 Å². The van der Waals surface area contributed by atoms with Crippen LogP contribution in [-0.2, 0) is 9.05 Å². The van der Waals surface area contributed by atoms with E-state index in [0.717, 1.165) is 0 Å². The Hall–Kier alpha value is -0.660. The van der Waals surface area contributed by atoms with Gasteiger partial charge in [-0.2, -0.15) is 0 Å². The molecule has 1 N–H and O–H groups in total. The Morgan fingerprint density at radius 2 is 2.00 bits per heavy atom. The first-order chi connectivity index (χ1) is 6.73. The van der Waals surface area contributed by atoms with E-state index < -0.39 is 37.0 Å². The highest BCUT2D eigenvalue weighted by atomic mass is 35.7. The van der Waals surface area contributed by atoms with Gasteiger partial charge in [-0.25, -0.2) is 22.2 Å². The smallest absolute Gasteiger partial charge is 0.281 e. The quantitative estimate of drug-likeness (QED) is 0.665. The van der Waals surface area contributed by atoms with Crippen molar-refractivity contribution in [3.8, 4) is 5.75 Å². The number of aromatic nitrogens is 1. The van der Waals surface area contributed by atoms with Crippen LogP contribution in [0, 0.1) is 0 Å². The lowest BCUT2D eigenvalue weighted by atomic mass is 10.3. The molecule has 0 saturated carbocycles. The Labute approximate surface area is 92.9 Å². The summed E-state index contributed by atoms with van der Waals surface area (Å²) in [5.41, 5.74) is -1.09. The van der Waals surface area contributed by atoms with Crippen LogP contribution >= 0.6 is 22.3 Å². The van der Waals surface area contributed by atoms with Crippen LogP contribution in [0.25, 0.3) is 0 Å². The summed E-state index contributed by atoms with van der Waals surface area (Å²) in [5.74, 6) is -0.736. The largest absolute Gasteiger partial charge is 0.505 e. The lowest BCUT2D eigenvalue weighted by Crippen LogP contribution is -2.02.